The van der Waals surface area contributed by atoms with Gasteiger partial charge in [0.25, 0.3) is 5.56 Å². The third-order valence-electron chi connectivity index (χ3n) is 7.03. The molecule has 2 aromatic carbocycles. The molecule has 1 aromatic heterocycles. The lowest BCUT2D eigenvalue weighted by Gasteiger charge is -2.33. The van der Waals surface area contributed by atoms with Gasteiger partial charge in [0.1, 0.15) is 5.82 Å². The molecule has 180 valence electrons. The second kappa shape index (κ2) is 10.7. The number of rotatable bonds is 8. The van der Waals surface area contributed by atoms with Crippen molar-refractivity contribution in [1.29, 1.82) is 0 Å². The summed E-state index contributed by atoms with van der Waals surface area (Å²) >= 11 is 6.22. The normalized spacial score (nSPS) is 15.1. The first-order valence-electron chi connectivity index (χ1n) is 12.5. The van der Waals surface area contributed by atoms with E-state index in [9.17, 15) is 9.59 Å². The number of para-hydroxylation sites is 1. The Hall–Kier alpha value is -2.66. The van der Waals surface area contributed by atoms with E-state index in [4.69, 9.17) is 16.6 Å². The molecule has 3 aromatic rings. The van der Waals surface area contributed by atoms with Crippen molar-refractivity contribution in [3.8, 4) is 5.69 Å². The fraction of sp³-hybridized carbons (Fsp3) is 0.464. The molecule has 1 aliphatic carbocycles. The van der Waals surface area contributed by atoms with E-state index in [2.05, 4.69) is 6.92 Å². The smallest absolute Gasteiger partial charge is 0.266 e. The molecule has 4 rings (SSSR count). The number of nitrogens with zero attached hydrogens (tertiary/aromatic N) is 3. The average Bonchev–Trinajstić information content (AvgIpc) is 3.37. The monoisotopic (exact) mass is 479 g/mol. The molecule has 0 saturated heterocycles. The van der Waals surface area contributed by atoms with Gasteiger partial charge >= 0.3 is 0 Å². The van der Waals surface area contributed by atoms with Crippen LogP contribution in [0, 0.1) is 12.8 Å². The predicted molar refractivity (Wildman–Crippen MR) is 139 cm³/mol. The molecule has 1 atom stereocenters. The Morgan fingerprint density at radius 1 is 1.18 bits per heavy atom. The lowest BCUT2D eigenvalue weighted by atomic mass is 10.0. The number of amides is 1. The number of halogens is 1. The number of aromatic nitrogens is 2. The first kappa shape index (κ1) is 24.5. The van der Waals surface area contributed by atoms with Crippen LogP contribution in [0.1, 0.15) is 76.2 Å². The number of carbonyl (C=O) groups excluding carboxylic acids is 1. The number of fused-ring (bicyclic) bond motifs is 1. The van der Waals surface area contributed by atoms with Gasteiger partial charge in [0.2, 0.25) is 5.91 Å². The van der Waals surface area contributed by atoms with Crippen LogP contribution >= 0.6 is 11.6 Å². The van der Waals surface area contributed by atoms with Crippen LogP contribution in [0.3, 0.4) is 0 Å². The summed E-state index contributed by atoms with van der Waals surface area (Å²) < 4.78 is 1.69. The second-order valence-corrected chi connectivity index (χ2v) is 9.89. The Bertz CT molecular complexity index is 1230. The van der Waals surface area contributed by atoms with Crippen LogP contribution in [0.15, 0.2) is 47.3 Å². The van der Waals surface area contributed by atoms with Crippen LogP contribution in [0.2, 0.25) is 5.02 Å². The summed E-state index contributed by atoms with van der Waals surface area (Å²) in [5.74, 6) is 0.863. The van der Waals surface area contributed by atoms with Crippen LogP contribution in [-0.2, 0) is 4.79 Å². The molecule has 0 bridgehead atoms. The summed E-state index contributed by atoms with van der Waals surface area (Å²) in [6, 6.07) is 12.6. The molecule has 0 spiro atoms. The Morgan fingerprint density at radius 2 is 1.91 bits per heavy atom. The van der Waals surface area contributed by atoms with Gasteiger partial charge in [0.05, 0.1) is 22.6 Å². The van der Waals surface area contributed by atoms with Crippen LogP contribution in [0.25, 0.3) is 16.6 Å². The number of benzene rings is 2. The number of hydrogen-bond donors (Lipinski definition) is 0. The van der Waals surface area contributed by atoms with Gasteiger partial charge < -0.3 is 4.90 Å². The third-order valence-corrected chi connectivity index (χ3v) is 7.27. The third kappa shape index (κ3) is 4.90. The van der Waals surface area contributed by atoms with Gasteiger partial charge in [-0.05, 0) is 69.0 Å². The number of aryl methyl sites for hydroxylation is 1. The van der Waals surface area contributed by atoms with Crippen molar-refractivity contribution in [2.75, 3.05) is 6.54 Å². The van der Waals surface area contributed by atoms with Crippen LogP contribution in [-0.4, -0.2) is 26.9 Å². The van der Waals surface area contributed by atoms with Gasteiger partial charge in [0.15, 0.2) is 0 Å². The molecule has 1 amide bonds. The molecule has 1 fully saturated rings. The summed E-state index contributed by atoms with van der Waals surface area (Å²) in [5.41, 5.74) is 2.16. The standard InChI is InChI=1S/C28H34ClN3O2/c1-4-5-10-17-31(27(33)21-11-6-7-12-21)20(3)26-30-24-14-9-8-13-23(24)28(34)32(26)25-16-15-22(29)18-19(25)2/h8-9,13-16,18,20-21H,4-7,10-12,17H2,1-3H3. The Morgan fingerprint density at radius 3 is 2.62 bits per heavy atom. The summed E-state index contributed by atoms with van der Waals surface area (Å²) in [4.78, 5) is 34.4. The minimum atomic E-state index is -0.336. The maximum atomic E-state index is 13.8. The van der Waals surface area contributed by atoms with Gasteiger partial charge in [-0.15, -0.1) is 0 Å². The maximum Gasteiger partial charge on any atom is 0.266 e. The van der Waals surface area contributed by atoms with Crippen molar-refractivity contribution in [1.82, 2.24) is 14.5 Å². The molecule has 1 saturated carbocycles. The summed E-state index contributed by atoms with van der Waals surface area (Å²) in [6.45, 7) is 6.79. The van der Waals surface area contributed by atoms with Crippen molar-refractivity contribution in [2.45, 2.75) is 71.8 Å². The zero-order valence-corrected chi connectivity index (χ0v) is 21.1. The average molecular weight is 480 g/mol. The fourth-order valence-corrected chi connectivity index (χ4v) is 5.33. The summed E-state index contributed by atoms with van der Waals surface area (Å²) in [7, 11) is 0. The van der Waals surface area contributed by atoms with E-state index in [0.717, 1.165) is 56.2 Å². The molecule has 1 unspecified atom stereocenters. The van der Waals surface area contributed by atoms with Gasteiger partial charge in [-0.1, -0.05) is 56.3 Å². The molecular formula is C28H34ClN3O2. The van der Waals surface area contributed by atoms with Gasteiger partial charge in [-0.2, -0.15) is 0 Å². The highest BCUT2D eigenvalue weighted by Crippen LogP contribution is 2.31. The Kier molecular flexibility index (Phi) is 7.72. The topological polar surface area (TPSA) is 55.2 Å². The zero-order valence-electron chi connectivity index (χ0n) is 20.4. The number of carbonyl (C=O) groups is 1. The minimum absolute atomic E-state index is 0.0713. The molecule has 34 heavy (non-hydrogen) atoms. The van der Waals surface area contributed by atoms with E-state index in [1.54, 1.807) is 10.6 Å². The van der Waals surface area contributed by atoms with E-state index < -0.39 is 0 Å². The first-order valence-corrected chi connectivity index (χ1v) is 12.9. The zero-order chi connectivity index (χ0) is 24.2. The van der Waals surface area contributed by atoms with E-state index >= 15 is 0 Å². The van der Waals surface area contributed by atoms with Gasteiger partial charge in [-0.25, -0.2) is 4.98 Å². The lowest BCUT2D eigenvalue weighted by molar-refractivity contribution is -0.137. The number of hydrogen-bond acceptors (Lipinski definition) is 3. The lowest BCUT2D eigenvalue weighted by Crippen LogP contribution is -2.40. The highest BCUT2D eigenvalue weighted by Gasteiger charge is 2.32. The van der Waals surface area contributed by atoms with Crippen LogP contribution < -0.4 is 5.56 Å². The molecule has 0 radical (unpaired) electrons. The predicted octanol–water partition coefficient (Wildman–Crippen LogP) is 6.62. The van der Waals surface area contributed by atoms with Crippen LogP contribution in [0.4, 0.5) is 0 Å². The highest BCUT2D eigenvalue weighted by molar-refractivity contribution is 6.30. The van der Waals surface area contributed by atoms with Crippen molar-refractivity contribution in [3.63, 3.8) is 0 Å². The molecule has 6 heteroatoms. The van der Waals surface area contributed by atoms with E-state index in [1.165, 1.54) is 0 Å². The number of unbranched alkanes of at least 4 members (excludes halogenated alkanes) is 2. The SMILES string of the molecule is CCCCCN(C(=O)C1CCCC1)C(C)c1nc2ccccc2c(=O)n1-c1ccc(Cl)cc1C. The fourth-order valence-electron chi connectivity index (χ4n) is 5.11. The largest absolute Gasteiger partial charge is 0.333 e. The van der Waals surface area contributed by atoms with E-state index in [0.29, 0.717) is 28.3 Å². The van der Waals surface area contributed by atoms with Crippen molar-refractivity contribution in [2.24, 2.45) is 5.92 Å². The molecular weight excluding hydrogens is 446 g/mol. The summed E-state index contributed by atoms with van der Waals surface area (Å²) in [6.07, 6.45) is 7.20. The molecule has 1 heterocycles. The van der Waals surface area contributed by atoms with E-state index in [-0.39, 0.29) is 23.4 Å². The van der Waals surface area contributed by atoms with E-state index in [1.807, 2.05) is 55.1 Å². The highest BCUT2D eigenvalue weighted by atomic mass is 35.5. The van der Waals surface area contributed by atoms with Crippen molar-refractivity contribution >= 4 is 28.4 Å². The minimum Gasteiger partial charge on any atom is -0.333 e. The van der Waals surface area contributed by atoms with Crippen molar-refractivity contribution < 1.29 is 4.79 Å². The molecule has 1 aliphatic rings. The molecule has 5 nitrogen and oxygen atoms in total. The van der Waals surface area contributed by atoms with Gasteiger partial charge in [-0.3, -0.25) is 14.2 Å². The summed E-state index contributed by atoms with van der Waals surface area (Å²) in [5, 5.41) is 1.18. The second-order valence-electron chi connectivity index (χ2n) is 9.45. The molecule has 0 N–H and O–H groups in total. The maximum absolute atomic E-state index is 13.8. The van der Waals surface area contributed by atoms with Crippen LogP contribution in [0.5, 0.6) is 0 Å². The Balaban J connectivity index is 1.87. The quantitative estimate of drug-likeness (QED) is 0.341. The first-order chi connectivity index (χ1) is 16.4. The Labute approximate surface area is 206 Å². The van der Waals surface area contributed by atoms with Gasteiger partial charge in [0, 0.05) is 17.5 Å². The molecule has 0 aliphatic heterocycles. The van der Waals surface area contributed by atoms with Crippen molar-refractivity contribution in [3.05, 3.63) is 69.2 Å².